The van der Waals surface area contributed by atoms with Crippen molar-refractivity contribution in [2.75, 3.05) is 32.7 Å². The highest BCUT2D eigenvalue weighted by Gasteiger charge is 2.18. The Morgan fingerprint density at radius 3 is 2.71 bits per heavy atom. The molecule has 24 heavy (non-hydrogen) atoms. The summed E-state index contributed by atoms with van der Waals surface area (Å²) in [4.78, 5) is 24.0. The van der Waals surface area contributed by atoms with Gasteiger partial charge in [0.1, 0.15) is 6.61 Å². The number of aryl methyl sites for hydroxylation is 1. The van der Waals surface area contributed by atoms with Gasteiger partial charge >= 0.3 is 18.2 Å². The van der Waals surface area contributed by atoms with Gasteiger partial charge in [-0.3, -0.25) is 4.57 Å². The van der Waals surface area contributed by atoms with E-state index in [9.17, 15) is 4.79 Å². The van der Waals surface area contributed by atoms with Gasteiger partial charge in [0.15, 0.2) is 17.0 Å². The zero-order chi connectivity index (χ0) is 17.5. The molecule has 2 heterocycles. The Kier molecular flexibility index (Phi) is 6.13. The monoisotopic (exact) mass is 339 g/mol. The van der Waals surface area contributed by atoms with Crippen molar-refractivity contribution in [2.45, 2.75) is 19.8 Å². The van der Waals surface area contributed by atoms with Gasteiger partial charge in [-0.15, -0.1) is 0 Å². The van der Waals surface area contributed by atoms with Crippen LogP contribution in [0.1, 0.15) is 19.8 Å². The lowest BCUT2D eigenvalue weighted by Crippen LogP contribution is -2.13. The lowest BCUT2D eigenvalue weighted by Gasteiger charge is -2.05. The van der Waals surface area contributed by atoms with Crippen molar-refractivity contribution in [2.24, 2.45) is 7.05 Å². The van der Waals surface area contributed by atoms with Crippen LogP contribution < -0.4 is 15.2 Å². The number of hydrogen-bond acceptors (Lipinski definition) is 9. The first-order valence-corrected chi connectivity index (χ1v) is 7.53. The molecule has 0 atom stereocenters. The number of carbonyl (C=O) groups is 1. The van der Waals surface area contributed by atoms with Gasteiger partial charge in [-0.1, -0.05) is 13.3 Å². The highest BCUT2D eigenvalue weighted by atomic mass is 16.7. The van der Waals surface area contributed by atoms with E-state index in [1.807, 2.05) is 6.92 Å². The minimum atomic E-state index is -0.829. The number of rotatable bonds is 8. The Bertz CT molecular complexity index is 702. The molecule has 10 nitrogen and oxygen atoms in total. The fourth-order valence-electron chi connectivity index (χ4n) is 1.82. The summed E-state index contributed by atoms with van der Waals surface area (Å²) < 4.78 is 21.7. The Hall–Kier alpha value is -2.62. The van der Waals surface area contributed by atoms with E-state index in [2.05, 4.69) is 15.0 Å². The zero-order valence-electron chi connectivity index (χ0n) is 13.9. The number of imidazole rings is 1. The molecule has 0 fully saturated rings. The van der Waals surface area contributed by atoms with E-state index in [0.29, 0.717) is 24.4 Å². The summed E-state index contributed by atoms with van der Waals surface area (Å²) in [5.41, 5.74) is 6.56. The molecule has 10 heteroatoms. The Labute approximate surface area is 138 Å². The number of unbranched alkanes of at least 4 members (excludes halogenated alkanes) is 1. The second kappa shape index (κ2) is 8.29. The molecule has 2 N–H and O–H groups in total. The van der Waals surface area contributed by atoms with Crippen molar-refractivity contribution in [3.05, 3.63) is 0 Å². The maximum absolute atomic E-state index is 11.6. The maximum atomic E-state index is 11.6. The van der Waals surface area contributed by atoms with E-state index in [1.165, 1.54) is 4.57 Å². The number of ether oxygens (including phenoxy) is 4. The number of anilines is 1. The van der Waals surface area contributed by atoms with Crippen LogP contribution in [0.4, 0.5) is 10.6 Å². The molecular formula is C14H21N5O5. The number of nitrogens with two attached hydrogens (primary N) is 1. The van der Waals surface area contributed by atoms with Crippen molar-refractivity contribution < 1.29 is 23.7 Å². The van der Waals surface area contributed by atoms with Crippen LogP contribution in [0.5, 0.6) is 12.0 Å². The number of fused-ring (bicyclic) bond motifs is 1. The van der Waals surface area contributed by atoms with Crippen LogP contribution in [0.3, 0.4) is 0 Å². The molecule has 0 aliphatic carbocycles. The first kappa shape index (κ1) is 17.7. The Balaban J connectivity index is 2.16. The summed E-state index contributed by atoms with van der Waals surface area (Å²) >= 11 is 0. The topological polar surface area (TPSA) is 124 Å². The number of aromatic nitrogens is 4. The van der Waals surface area contributed by atoms with Crippen molar-refractivity contribution in [3.8, 4) is 12.0 Å². The molecule has 2 aromatic rings. The van der Waals surface area contributed by atoms with E-state index < -0.39 is 6.16 Å². The van der Waals surface area contributed by atoms with Crippen LogP contribution >= 0.6 is 0 Å². The predicted octanol–water partition coefficient (Wildman–Crippen LogP) is 1.29. The molecule has 2 rings (SSSR count). The third kappa shape index (κ3) is 4.22. The molecular weight excluding hydrogens is 318 g/mol. The molecule has 0 aliphatic heterocycles. The number of carbonyl (C=O) groups excluding carboxylic acids is 1. The highest BCUT2D eigenvalue weighted by molar-refractivity contribution is 5.83. The molecule has 0 bridgehead atoms. The van der Waals surface area contributed by atoms with Crippen molar-refractivity contribution in [1.29, 1.82) is 0 Å². The standard InChI is InChI=1S/C14H21N5O5/c1-4-5-6-23-14(20)24-13-16-9-10(15)17-12(22-8-7-21-3)18-11(9)19(13)2/h4-8H2,1-3H3,(H2,15,17,18). The summed E-state index contributed by atoms with van der Waals surface area (Å²) in [6.45, 7) is 2.96. The summed E-state index contributed by atoms with van der Waals surface area (Å²) in [5, 5.41) is 0. The molecule has 2 aromatic heterocycles. The molecule has 0 saturated heterocycles. The van der Waals surface area contributed by atoms with Crippen LogP contribution in [0, 0.1) is 0 Å². The number of nitrogen functional groups attached to an aromatic ring is 1. The molecule has 0 saturated carbocycles. The fourth-order valence-corrected chi connectivity index (χ4v) is 1.82. The van der Waals surface area contributed by atoms with Gasteiger partial charge in [0, 0.05) is 14.2 Å². The van der Waals surface area contributed by atoms with E-state index >= 15 is 0 Å². The summed E-state index contributed by atoms with van der Waals surface area (Å²) in [6, 6.07) is 0.110. The van der Waals surface area contributed by atoms with Gasteiger partial charge in [-0.25, -0.2) is 4.79 Å². The number of hydrogen-bond donors (Lipinski definition) is 1. The van der Waals surface area contributed by atoms with Crippen molar-refractivity contribution >= 4 is 23.1 Å². The minimum Gasteiger partial charge on any atom is -0.461 e. The lowest BCUT2D eigenvalue weighted by molar-refractivity contribution is 0.0937. The second-order valence-electron chi connectivity index (χ2n) is 4.91. The third-order valence-electron chi connectivity index (χ3n) is 3.10. The first-order valence-electron chi connectivity index (χ1n) is 7.53. The van der Waals surface area contributed by atoms with E-state index in [-0.39, 0.29) is 24.4 Å². The van der Waals surface area contributed by atoms with Crippen LogP contribution in [0.25, 0.3) is 11.2 Å². The van der Waals surface area contributed by atoms with Crippen LogP contribution in [-0.2, 0) is 16.5 Å². The van der Waals surface area contributed by atoms with Crippen LogP contribution in [-0.4, -0.2) is 52.6 Å². The molecule has 0 aliphatic rings. The average molecular weight is 339 g/mol. The van der Waals surface area contributed by atoms with E-state index in [4.69, 9.17) is 24.7 Å². The fraction of sp³-hybridized carbons (Fsp3) is 0.571. The molecule has 0 amide bonds. The smallest absolute Gasteiger partial charge is 0.461 e. The number of methoxy groups -OCH3 is 1. The molecule has 0 unspecified atom stereocenters. The van der Waals surface area contributed by atoms with E-state index in [1.54, 1.807) is 14.2 Å². The van der Waals surface area contributed by atoms with Gasteiger partial charge in [-0.2, -0.15) is 15.0 Å². The maximum Gasteiger partial charge on any atom is 0.516 e. The summed E-state index contributed by atoms with van der Waals surface area (Å²) in [5.74, 6) is 0.122. The molecule has 0 aromatic carbocycles. The van der Waals surface area contributed by atoms with Crippen molar-refractivity contribution in [3.63, 3.8) is 0 Å². The van der Waals surface area contributed by atoms with Gasteiger partial charge in [0.25, 0.3) is 0 Å². The largest absolute Gasteiger partial charge is 0.516 e. The minimum absolute atomic E-state index is 0.0153. The predicted molar refractivity (Wildman–Crippen MR) is 85.0 cm³/mol. The van der Waals surface area contributed by atoms with Gasteiger partial charge in [-0.05, 0) is 6.42 Å². The molecule has 132 valence electrons. The summed E-state index contributed by atoms with van der Waals surface area (Å²) in [6.07, 6.45) is 0.848. The Morgan fingerprint density at radius 1 is 1.21 bits per heavy atom. The Morgan fingerprint density at radius 2 is 2.00 bits per heavy atom. The quantitative estimate of drug-likeness (QED) is 0.559. The van der Waals surface area contributed by atoms with Crippen LogP contribution in [0.15, 0.2) is 0 Å². The second-order valence-corrected chi connectivity index (χ2v) is 4.91. The lowest BCUT2D eigenvalue weighted by atomic mass is 10.4. The average Bonchev–Trinajstić information content (AvgIpc) is 2.85. The van der Waals surface area contributed by atoms with E-state index in [0.717, 1.165) is 12.8 Å². The van der Waals surface area contributed by atoms with Gasteiger partial charge < -0.3 is 24.7 Å². The highest BCUT2D eigenvalue weighted by Crippen LogP contribution is 2.24. The van der Waals surface area contributed by atoms with Crippen LogP contribution in [0.2, 0.25) is 0 Å². The number of nitrogens with zero attached hydrogens (tertiary/aromatic N) is 4. The zero-order valence-corrected chi connectivity index (χ0v) is 13.9. The SMILES string of the molecule is CCCCOC(=O)Oc1nc2c(N)nc(OCCOC)nc2n1C. The normalized spacial score (nSPS) is 10.8. The van der Waals surface area contributed by atoms with Gasteiger partial charge in [0.2, 0.25) is 0 Å². The van der Waals surface area contributed by atoms with Crippen molar-refractivity contribution in [1.82, 2.24) is 19.5 Å². The third-order valence-corrected chi connectivity index (χ3v) is 3.10. The molecule has 0 radical (unpaired) electrons. The van der Waals surface area contributed by atoms with Gasteiger partial charge in [0.05, 0.1) is 13.2 Å². The molecule has 0 spiro atoms. The first-order chi connectivity index (χ1) is 11.6. The summed E-state index contributed by atoms with van der Waals surface area (Å²) in [7, 11) is 3.20.